The normalized spacial score (nSPS) is 11.5. The first-order valence-electron chi connectivity index (χ1n) is 8.81. The van der Waals surface area contributed by atoms with Crippen LogP contribution in [-0.4, -0.2) is 41.8 Å². The molecule has 0 saturated carbocycles. The van der Waals surface area contributed by atoms with Crippen molar-refractivity contribution in [2.45, 2.75) is 33.5 Å². The Morgan fingerprint density at radius 1 is 1.30 bits per heavy atom. The number of ether oxygens (including phenoxy) is 2. The summed E-state index contributed by atoms with van der Waals surface area (Å²) in [6.45, 7) is 3.37. The molecule has 0 radical (unpaired) electrons. The lowest BCUT2D eigenvalue weighted by molar-refractivity contribution is -0.0520. The lowest BCUT2D eigenvalue weighted by atomic mass is 10.2. The van der Waals surface area contributed by atoms with Crippen molar-refractivity contribution in [3.63, 3.8) is 0 Å². The van der Waals surface area contributed by atoms with E-state index in [4.69, 9.17) is 4.74 Å². The van der Waals surface area contributed by atoms with Crippen LogP contribution in [-0.2, 0) is 13.1 Å². The summed E-state index contributed by atoms with van der Waals surface area (Å²) in [6, 6.07) is 5.02. The van der Waals surface area contributed by atoms with Crippen LogP contribution in [0.5, 0.6) is 11.5 Å². The molecule has 0 bridgehead atoms. The van der Waals surface area contributed by atoms with Gasteiger partial charge in [-0.1, -0.05) is 12.1 Å². The largest absolute Gasteiger partial charge is 0.490 e. The first-order valence-corrected chi connectivity index (χ1v) is 8.81. The number of nitrogens with one attached hydrogen (secondary N) is 2. The second-order valence-electron chi connectivity index (χ2n) is 5.48. The van der Waals surface area contributed by atoms with Gasteiger partial charge in [-0.3, -0.25) is 0 Å². The zero-order chi connectivity index (χ0) is 19.5. The van der Waals surface area contributed by atoms with Crippen molar-refractivity contribution in [1.82, 2.24) is 20.2 Å². The molecule has 2 rings (SSSR count). The zero-order valence-electron chi connectivity index (χ0n) is 15.5. The van der Waals surface area contributed by atoms with Crippen LogP contribution in [0.15, 0.2) is 41.9 Å². The Morgan fingerprint density at radius 3 is 2.81 bits per heavy atom. The van der Waals surface area contributed by atoms with Crippen molar-refractivity contribution in [1.29, 1.82) is 0 Å². The van der Waals surface area contributed by atoms with E-state index in [1.165, 1.54) is 0 Å². The van der Waals surface area contributed by atoms with Crippen LogP contribution >= 0.6 is 0 Å². The highest BCUT2D eigenvalue weighted by Crippen LogP contribution is 2.33. The molecule has 0 unspecified atom stereocenters. The number of para-hydroxylation sites is 1. The number of halogens is 2. The third-order valence-electron chi connectivity index (χ3n) is 3.54. The summed E-state index contributed by atoms with van der Waals surface area (Å²) in [6.07, 6.45) is 5.33. The quantitative estimate of drug-likeness (QED) is 0.489. The molecule has 0 saturated heterocycles. The third kappa shape index (κ3) is 6.76. The molecule has 1 aromatic heterocycles. The lowest BCUT2D eigenvalue weighted by Gasteiger charge is -2.15. The van der Waals surface area contributed by atoms with Gasteiger partial charge in [-0.15, -0.1) is 0 Å². The number of hydrogen-bond donors (Lipinski definition) is 2. The minimum atomic E-state index is -2.93. The minimum absolute atomic E-state index is 0.0207. The average Bonchev–Trinajstić information content (AvgIpc) is 3.15. The first-order chi connectivity index (χ1) is 13.1. The van der Waals surface area contributed by atoms with E-state index in [0.29, 0.717) is 31.2 Å². The third-order valence-corrected chi connectivity index (χ3v) is 3.54. The van der Waals surface area contributed by atoms with Gasteiger partial charge in [0.25, 0.3) is 0 Å². The second kappa shape index (κ2) is 11.0. The molecule has 7 nitrogen and oxygen atoms in total. The van der Waals surface area contributed by atoms with E-state index in [1.54, 1.807) is 37.6 Å². The topological polar surface area (TPSA) is 72.7 Å². The molecule has 0 aliphatic carbocycles. The Morgan fingerprint density at radius 2 is 2.15 bits per heavy atom. The summed E-state index contributed by atoms with van der Waals surface area (Å²) in [4.78, 5) is 8.45. The smallest absolute Gasteiger partial charge is 0.387 e. The average molecular weight is 381 g/mol. The molecular formula is C18H25F2N5O2. The highest BCUT2D eigenvalue weighted by Gasteiger charge is 2.15. The van der Waals surface area contributed by atoms with E-state index in [-0.39, 0.29) is 18.0 Å². The van der Waals surface area contributed by atoms with Crippen LogP contribution in [0, 0.1) is 0 Å². The molecule has 2 N–H and O–H groups in total. The minimum Gasteiger partial charge on any atom is -0.490 e. The molecule has 0 fully saturated rings. The fraction of sp³-hybridized carbons (Fsp3) is 0.444. The van der Waals surface area contributed by atoms with E-state index in [9.17, 15) is 8.78 Å². The van der Waals surface area contributed by atoms with Crippen LogP contribution in [0.1, 0.15) is 19.4 Å². The molecule has 9 heteroatoms. The summed E-state index contributed by atoms with van der Waals surface area (Å²) in [7, 11) is 0. The number of aromatic nitrogens is 2. The van der Waals surface area contributed by atoms with Gasteiger partial charge in [0.15, 0.2) is 17.5 Å². The molecule has 0 atom stereocenters. The molecule has 0 amide bonds. The predicted molar refractivity (Wildman–Crippen MR) is 99.3 cm³/mol. The maximum Gasteiger partial charge on any atom is 0.387 e. The number of nitrogens with zero attached hydrogens (tertiary/aromatic N) is 3. The van der Waals surface area contributed by atoms with E-state index < -0.39 is 6.61 Å². The molecule has 0 aliphatic rings. The fourth-order valence-electron chi connectivity index (χ4n) is 2.41. The Kier molecular flexibility index (Phi) is 8.34. The van der Waals surface area contributed by atoms with Crippen LogP contribution in [0.25, 0.3) is 0 Å². The second-order valence-corrected chi connectivity index (χ2v) is 5.48. The molecule has 27 heavy (non-hydrogen) atoms. The van der Waals surface area contributed by atoms with Gasteiger partial charge in [-0.25, -0.2) is 9.98 Å². The number of rotatable bonds is 10. The number of imidazole rings is 1. The van der Waals surface area contributed by atoms with Crippen molar-refractivity contribution < 1.29 is 18.3 Å². The predicted octanol–water partition coefficient (Wildman–Crippen LogP) is 2.64. The maximum atomic E-state index is 12.8. The van der Waals surface area contributed by atoms with E-state index in [2.05, 4.69) is 25.3 Å². The van der Waals surface area contributed by atoms with Crippen LogP contribution in [0.4, 0.5) is 8.78 Å². The molecule has 0 aliphatic heterocycles. The Hall–Kier alpha value is -2.84. The number of hydrogen-bond acceptors (Lipinski definition) is 4. The number of alkyl halides is 2. The van der Waals surface area contributed by atoms with Gasteiger partial charge in [0.1, 0.15) is 0 Å². The number of benzene rings is 1. The summed E-state index contributed by atoms with van der Waals surface area (Å²) in [5.74, 6) is 0.887. The van der Waals surface area contributed by atoms with Crippen molar-refractivity contribution >= 4 is 5.96 Å². The van der Waals surface area contributed by atoms with E-state index in [1.807, 2.05) is 17.7 Å². The molecule has 2 aromatic rings. The summed E-state index contributed by atoms with van der Waals surface area (Å²) in [5.41, 5.74) is 0.521. The SMILES string of the molecule is CCNC(=NCc1cccc(OCC)c1OC(F)F)NCCn1ccnc1. The van der Waals surface area contributed by atoms with Gasteiger partial charge in [0.2, 0.25) is 0 Å². The van der Waals surface area contributed by atoms with Crippen LogP contribution in [0.3, 0.4) is 0 Å². The fourth-order valence-corrected chi connectivity index (χ4v) is 2.41. The first kappa shape index (κ1) is 20.5. The van der Waals surface area contributed by atoms with Gasteiger partial charge in [0.05, 0.1) is 19.5 Å². The van der Waals surface area contributed by atoms with Crippen molar-refractivity contribution in [3.8, 4) is 11.5 Å². The van der Waals surface area contributed by atoms with Gasteiger partial charge >= 0.3 is 6.61 Å². The molecule has 1 aromatic carbocycles. The highest BCUT2D eigenvalue weighted by molar-refractivity contribution is 5.79. The van der Waals surface area contributed by atoms with Crippen LogP contribution in [0.2, 0.25) is 0 Å². The van der Waals surface area contributed by atoms with Gasteiger partial charge in [0, 0.05) is 37.6 Å². The molecule has 148 valence electrons. The standard InChI is InChI=1S/C18H25F2N5O2/c1-3-22-18(23-9-11-25-10-8-21-13-25)24-12-14-6-5-7-15(26-4-2)16(14)27-17(19)20/h5-8,10,13,17H,3-4,9,11-12H2,1-2H3,(H2,22,23,24). The Bertz CT molecular complexity index is 708. The summed E-state index contributed by atoms with van der Waals surface area (Å²) >= 11 is 0. The van der Waals surface area contributed by atoms with Gasteiger partial charge in [-0.2, -0.15) is 8.78 Å². The van der Waals surface area contributed by atoms with E-state index >= 15 is 0 Å². The molecular weight excluding hydrogens is 356 g/mol. The Balaban J connectivity index is 2.07. The van der Waals surface area contributed by atoms with Gasteiger partial charge < -0.3 is 24.7 Å². The molecule has 1 heterocycles. The Labute approximate surface area is 157 Å². The number of guanidine groups is 1. The highest BCUT2D eigenvalue weighted by atomic mass is 19.3. The summed E-state index contributed by atoms with van der Waals surface area (Å²) in [5, 5.41) is 6.33. The maximum absolute atomic E-state index is 12.8. The van der Waals surface area contributed by atoms with Crippen molar-refractivity contribution in [3.05, 3.63) is 42.5 Å². The van der Waals surface area contributed by atoms with Crippen molar-refractivity contribution in [2.75, 3.05) is 19.7 Å². The van der Waals surface area contributed by atoms with E-state index in [0.717, 1.165) is 6.54 Å². The zero-order valence-corrected chi connectivity index (χ0v) is 15.5. The summed E-state index contributed by atoms with van der Waals surface area (Å²) < 4.78 is 37.6. The van der Waals surface area contributed by atoms with Crippen LogP contribution < -0.4 is 20.1 Å². The molecule has 0 spiro atoms. The van der Waals surface area contributed by atoms with Crippen molar-refractivity contribution in [2.24, 2.45) is 4.99 Å². The number of aliphatic imine (C=N–C) groups is 1. The van der Waals surface area contributed by atoms with Gasteiger partial charge in [-0.05, 0) is 19.9 Å². The monoisotopic (exact) mass is 381 g/mol. The lowest BCUT2D eigenvalue weighted by Crippen LogP contribution is -2.38.